The van der Waals surface area contributed by atoms with Gasteiger partial charge >= 0.3 is 53.7 Å². The van der Waals surface area contributed by atoms with Crippen molar-refractivity contribution in [3.8, 4) is 0 Å². The predicted molar refractivity (Wildman–Crippen MR) is 358 cm³/mol. The summed E-state index contributed by atoms with van der Waals surface area (Å²) in [6.07, 6.45) is -28.2. The zero-order chi connectivity index (χ0) is 75.1. The van der Waals surface area contributed by atoms with Gasteiger partial charge in [-0.15, -0.1) is 0 Å². The standard InChI is InChI=1S/C72H90N2O28Si/c1-41(75)73-58-54(93-44(4)78)35-72(71(86)92-37-51-28-20-14-21-29-51,101-64(58)61(95-46(6)80)56(94-45(5)79)39-88-43(3)77)102-65-62(96-47(7)81)57(40-91-67(84)52-30-22-15-23-31-52)99-70(66(65)97-48(8)82)100-63-59(74-42(2)76)69(87-32-33-103(9,10)11)98-55(60(63)83)38-89-53(34-49-24-16-12-17-25-49)68(85)90-36-50-26-18-13-19-27-50/h12-31,53-66,69-70,83H,32-40H2,1-11H3,(H,73,75)(H,74,76)/t53-,54-,55+,56+,57+,58+,59+,60-,61+,62-,63+,64+,65-,66+,69+,70-,72-/m0/s1. The first-order valence-corrected chi connectivity index (χ1v) is 37.0. The number of carbonyl (C=O) groups is 11. The van der Waals surface area contributed by atoms with Gasteiger partial charge in [-0.05, 0) is 34.9 Å². The second-order valence-corrected chi connectivity index (χ2v) is 31.5. The second-order valence-electron chi connectivity index (χ2n) is 25.9. The topological polar surface area (TPSA) is 380 Å². The van der Waals surface area contributed by atoms with Gasteiger partial charge in [-0.1, -0.05) is 129 Å². The van der Waals surface area contributed by atoms with E-state index in [9.17, 15) is 53.1 Å². The molecule has 0 unspecified atom stereocenters. The molecule has 0 spiro atoms. The van der Waals surface area contributed by atoms with E-state index < -0.39 is 210 Å². The summed E-state index contributed by atoms with van der Waals surface area (Å²) in [5.74, 6) is -14.5. The van der Waals surface area contributed by atoms with Crippen molar-refractivity contribution in [2.24, 2.45) is 0 Å². The molecule has 103 heavy (non-hydrogen) atoms. The van der Waals surface area contributed by atoms with E-state index in [4.69, 9.17) is 75.8 Å². The summed E-state index contributed by atoms with van der Waals surface area (Å²) in [6, 6.07) is 30.6. The minimum Gasteiger partial charge on any atom is -0.462 e. The van der Waals surface area contributed by atoms with Gasteiger partial charge in [-0.25, -0.2) is 14.4 Å². The highest BCUT2D eigenvalue weighted by Crippen LogP contribution is 2.43. The van der Waals surface area contributed by atoms with Crippen molar-refractivity contribution in [3.63, 3.8) is 0 Å². The fourth-order valence-corrected chi connectivity index (χ4v) is 12.3. The van der Waals surface area contributed by atoms with Crippen LogP contribution in [0.2, 0.25) is 25.7 Å². The number of hydrogen-bond donors (Lipinski definition) is 3. The maximum atomic E-state index is 15.9. The Morgan fingerprint density at radius 2 is 1.09 bits per heavy atom. The molecule has 31 heteroatoms. The molecular formula is C72H90N2O28Si. The van der Waals surface area contributed by atoms with E-state index in [1.807, 2.05) is 0 Å². The number of benzene rings is 4. The molecule has 560 valence electrons. The van der Waals surface area contributed by atoms with Crippen LogP contribution in [0.1, 0.15) is 88.9 Å². The summed E-state index contributed by atoms with van der Waals surface area (Å²) in [5, 5.41) is 18.3. The molecule has 3 aliphatic rings. The van der Waals surface area contributed by atoms with Gasteiger partial charge in [0.1, 0.15) is 75.2 Å². The number of nitrogens with one attached hydrogen (secondary N) is 2. The van der Waals surface area contributed by atoms with Crippen LogP contribution in [0.5, 0.6) is 0 Å². The number of rotatable bonds is 33. The van der Waals surface area contributed by atoms with Crippen molar-refractivity contribution in [1.29, 1.82) is 0 Å². The number of amides is 2. The zero-order valence-corrected chi connectivity index (χ0v) is 60.1. The summed E-state index contributed by atoms with van der Waals surface area (Å²) in [6.45, 7) is 11.1. The molecule has 3 heterocycles. The molecule has 3 aliphatic heterocycles. The van der Waals surface area contributed by atoms with Crippen molar-refractivity contribution in [3.05, 3.63) is 144 Å². The Morgan fingerprint density at radius 3 is 1.63 bits per heavy atom. The van der Waals surface area contributed by atoms with Crippen LogP contribution in [0, 0.1) is 0 Å². The molecule has 0 saturated carbocycles. The molecule has 4 aromatic carbocycles. The van der Waals surface area contributed by atoms with E-state index in [1.54, 1.807) is 109 Å². The predicted octanol–water partition coefficient (Wildman–Crippen LogP) is 4.61. The molecule has 3 N–H and O–H groups in total. The largest absolute Gasteiger partial charge is 0.462 e. The third kappa shape index (κ3) is 24.8. The number of ether oxygens (including phenoxy) is 16. The maximum Gasteiger partial charge on any atom is 0.367 e. The fourth-order valence-electron chi connectivity index (χ4n) is 11.6. The van der Waals surface area contributed by atoms with Crippen LogP contribution < -0.4 is 10.6 Å². The first-order chi connectivity index (χ1) is 48.9. The van der Waals surface area contributed by atoms with E-state index in [0.29, 0.717) is 22.7 Å². The first-order valence-electron chi connectivity index (χ1n) is 33.3. The molecule has 7 rings (SSSR count). The van der Waals surface area contributed by atoms with Crippen LogP contribution in [0.4, 0.5) is 0 Å². The van der Waals surface area contributed by atoms with Crippen LogP contribution in [0.25, 0.3) is 0 Å². The molecule has 2 amide bonds. The van der Waals surface area contributed by atoms with Gasteiger partial charge in [-0.2, -0.15) is 0 Å². The molecule has 3 fully saturated rings. The van der Waals surface area contributed by atoms with Gasteiger partial charge in [0.25, 0.3) is 5.79 Å². The molecule has 0 aromatic heterocycles. The Kier molecular flexibility index (Phi) is 30.3. The van der Waals surface area contributed by atoms with Crippen LogP contribution in [0.3, 0.4) is 0 Å². The number of aliphatic hydroxyl groups is 1. The third-order valence-electron chi connectivity index (χ3n) is 16.1. The molecule has 0 radical (unpaired) electrons. The highest BCUT2D eigenvalue weighted by molar-refractivity contribution is 6.76. The van der Waals surface area contributed by atoms with Crippen molar-refractivity contribution >= 4 is 73.6 Å². The lowest BCUT2D eigenvalue weighted by molar-refractivity contribution is -0.382. The van der Waals surface area contributed by atoms with Gasteiger partial charge in [0, 0.05) is 76.5 Å². The molecule has 0 bridgehead atoms. The van der Waals surface area contributed by atoms with Crippen molar-refractivity contribution in [1.82, 2.24) is 10.6 Å². The summed E-state index contributed by atoms with van der Waals surface area (Å²) < 4.78 is 99.4. The Labute approximate surface area is 596 Å². The number of hydrogen-bond acceptors (Lipinski definition) is 28. The van der Waals surface area contributed by atoms with E-state index in [2.05, 4.69) is 30.3 Å². The molecule has 3 saturated heterocycles. The highest BCUT2D eigenvalue weighted by atomic mass is 28.3. The lowest BCUT2D eigenvalue weighted by Gasteiger charge is -2.52. The Morgan fingerprint density at radius 1 is 0.553 bits per heavy atom. The van der Waals surface area contributed by atoms with Gasteiger partial charge in [0.15, 0.2) is 43.1 Å². The Hall–Kier alpha value is -9.05. The summed E-state index contributed by atoms with van der Waals surface area (Å²) in [7, 11) is -1.93. The molecule has 4 aromatic rings. The first kappa shape index (κ1) is 81.2. The molecule has 30 nitrogen and oxygen atoms in total. The van der Waals surface area contributed by atoms with Crippen LogP contribution in [-0.4, -0.2) is 209 Å². The van der Waals surface area contributed by atoms with E-state index in [-0.39, 0.29) is 25.2 Å². The maximum absolute atomic E-state index is 15.9. The summed E-state index contributed by atoms with van der Waals surface area (Å²) in [4.78, 5) is 151. The number of carbonyl (C=O) groups excluding carboxylic acids is 11. The van der Waals surface area contributed by atoms with E-state index >= 15 is 4.79 Å². The fraction of sp³-hybridized carbons (Fsp3) is 0.514. The normalized spacial score (nSPS) is 25.5. The summed E-state index contributed by atoms with van der Waals surface area (Å²) in [5.41, 5.74) is 1.72. The number of aliphatic hydroxyl groups excluding tert-OH is 1. The monoisotopic (exact) mass is 1460 g/mol. The Balaban J connectivity index is 1.44. The highest BCUT2D eigenvalue weighted by Gasteiger charge is 2.64. The molecule has 17 atom stereocenters. The van der Waals surface area contributed by atoms with Gasteiger partial charge in [0.2, 0.25) is 11.8 Å². The third-order valence-corrected chi connectivity index (χ3v) is 17.8. The average molecular weight is 1460 g/mol. The van der Waals surface area contributed by atoms with Crippen molar-refractivity contribution in [2.75, 3.05) is 26.4 Å². The lowest BCUT2D eigenvalue weighted by Crippen LogP contribution is -2.72. The zero-order valence-electron chi connectivity index (χ0n) is 59.1. The van der Waals surface area contributed by atoms with Crippen LogP contribution >= 0.6 is 0 Å². The molecular weight excluding hydrogens is 1370 g/mol. The van der Waals surface area contributed by atoms with Crippen LogP contribution in [-0.2, 0) is 143 Å². The van der Waals surface area contributed by atoms with E-state index in [1.165, 1.54) is 12.1 Å². The van der Waals surface area contributed by atoms with Gasteiger partial charge in [-0.3, -0.25) is 38.4 Å². The molecule has 0 aliphatic carbocycles. The second kappa shape index (κ2) is 38.5. The quantitative estimate of drug-likeness (QED) is 0.0333. The van der Waals surface area contributed by atoms with E-state index in [0.717, 1.165) is 55.4 Å². The van der Waals surface area contributed by atoms with Gasteiger partial charge < -0.3 is 91.5 Å². The number of esters is 9. The minimum atomic E-state index is -3.24. The summed E-state index contributed by atoms with van der Waals surface area (Å²) >= 11 is 0. The lowest BCUT2D eigenvalue weighted by atomic mass is 9.87. The minimum absolute atomic E-state index is 0.0169. The smallest absolute Gasteiger partial charge is 0.367 e. The average Bonchev–Trinajstić information content (AvgIpc) is 0.741. The van der Waals surface area contributed by atoms with Gasteiger partial charge in [0.05, 0.1) is 24.6 Å². The van der Waals surface area contributed by atoms with Crippen LogP contribution in [0.15, 0.2) is 121 Å². The van der Waals surface area contributed by atoms with Crippen molar-refractivity contribution in [2.45, 2.75) is 211 Å². The van der Waals surface area contributed by atoms with Crippen molar-refractivity contribution < 1.29 is 134 Å². The Bertz CT molecular complexity index is 3510. The SMILES string of the molecule is CC(=O)N[C@H]1[C@H](OCC[Si](C)(C)C)O[C@H](CO[C@@H](Cc2ccccc2)C(=O)OCc2ccccc2)[C@H](O)[C@@H]1O[C@@H]1O[C@H](COC(=O)c2ccccc2)[C@H](OC(C)=O)[C@H](O[C@]2(C(=O)OCc3ccccc3)C[C@H](OC(C)=O)[C@@H](NC(C)=O)[C@H]([C@H](OC(C)=O)[C@@H](COC(C)=O)OC(C)=O)O2)[C@H]1OC(C)=O.